The summed E-state index contributed by atoms with van der Waals surface area (Å²) in [6.45, 7) is 2.06. The molecule has 0 spiro atoms. The predicted octanol–water partition coefficient (Wildman–Crippen LogP) is 0.928. The standard InChI is InChI=1S/C17H20ClN5O3/c1-10(9-24)19-16-20-14-13(15(25)22(3)17(26)21(14)2)23(16)8-11-4-6-12(18)7-5-11/h4-7,10,24H,8-9H2,1-3H3,(H,19,20)/t10-/m0/s1. The number of aliphatic hydroxyl groups excluding tert-OH is 1. The summed E-state index contributed by atoms with van der Waals surface area (Å²) in [6, 6.07) is 7.00. The number of nitrogens with one attached hydrogen (secondary N) is 1. The maximum atomic E-state index is 12.7. The van der Waals surface area contributed by atoms with E-state index < -0.39 is 11.2 Å². The molecule has 3 rings (SSSR count). The van der Waals surface area contributed by atoms with E-state index in [1.54, 1.807) is 30.7 Å². The van der Waals surface area contributed by atoms with Crippen molar-refractivity contribution in [2.24, 2.45) is 14.1 Å². The van der Waals surface area contributed by atoms with Crippen molar-refractivity contribution in [3.63, 3.8) is 0 Å². The molecular formula is C17H20ClN5O3. The van der Waals surface area contributed by atoms with Gasteiger partial charge in [0, 0.05) is 25.2 Å². The van der Waals surface area contributed by atoms with E-state index in [4.69, 9.17) is 11.6 Å². The lowest BCUT2D eigenvalue weighted by Gasteiger charge is -2.14. The molecule has 2 aromatic heterocycles. The number of fused-ring (bicyclic) bond motifs is 1. The molecule has 1 aromatic carbocycles. The molecule has 1 atom stereocenters. The average Bonchev–Trinajstić information content (AvgIpc) is 2.98. The number of hydrogen-bond donors (Lipinski definition) is 2. The molecule has 26 heavy (non-hydrogen) atoms. The van der Waals surface area contributed by atoms with Gasteiger partial charge in [0.1, 0.15) is 0 Å². The molecule has 0 aliphatic heterocycles. The van der Waals surface area contributed by atoms with Gasteiger partial charge in [0.15, 0.2) is 11.2 Å². The van der Waals surface area contributed by atoms with Gasteiger partial charge >= 0.3 is 5.69 Å². The number of aromatic nitrogens is 4. The van der Waals surface area contributed by atoms with Gasteiger partial charge in [0.25, 0.3) is 5.56 Å². The first kappa shape index (κ1) is 18.2. The normalized spacial score (nSPS) is 12.5. The lowest BCUT2D eigenvalue weighted by molar-refractivity contribution is 0.281. The fraction of sp³-hybridized carbons (Fsp3) is 0.353. The van der Waals surface area contributed by atoms with Gasteiger partial charge in [-0.1, -0.05) is 23.7 Å². The second-order valence-corrected chi connectivity index (χ2v) is 6.69. The highest BCUT2D eigenvalue weighted by molar-refractivity contribution is 6.30. The van der Waals surface area contributed by atoms with Crippen LogP contribution >= 0.6 is 11.6 Å². The summed E-state index contributed by atoms with van der Waals surface area (Å²) in [5.41, 5.74) is 0.663. The lowest BCUT2D eigenvalue weighted by atomic mass is 10.2. The first-order valence-electron chi connectivity index (χ1n) is 8.11. The van der Waals surface area contributed by atoms with Crippen LogP contribution < -0.4 is 16.6 Å². The van der Waals surface area contributed by atoms with Crippen LogP contribution in [0.3, 0.4) is 0 Å². The van der Waals surface area contributed by atoms with Crippen molar-refractivity contribution in [3.8, 4) is 0 Å². The van der Waals surface area contributed by atoms with Gasteiger partial charge in [0.2, 0.25) is 5.95 Å². The van der Waals surface area contributed by atoms with Gasteiger partial charge in [-0.2, -0.15) is 4.98 Å². The molecule has 9 heteroatoms. The van der Waals surface area contributed by atoms with E-state index in [0.29, 0.717) is 28.7 Å². The Balaban J connectivity index is 2.25. The van der Waals surface area contributed by atoms with Crippen molar-refractivity contribution in [2.45, 2.75) is 19.5 Å². The zero-order valence-corrected chi connectivity index (χ0v) is 15.5. The Kier molecular flexibility index (Phi) is 4.88. The Morgan fingerprint density at radius 3 is 2.46 bits per heavy atom. The van der Waals surface area contributed by atoms with Crippen molar-refractivity contribution in [2.75, 3.05) is 11.9 Å². The fourth-order valence-electron chi connectivity index (χ4n) is 2.75. The minimum Gasteiger partial charge on any atom is -0.394 e. The molecule has 0 fully saturated rings. The van der Waals surface area contributed by atoms with E-state index in [9.17, 15) is 14.7 Å². The summed E-state index contributed by atoms with van der Waals surface area (Å²) in [5, 5.41) is 13.1. The number of halogens is 1. The Labute approximate surface area is 154 Å². The van der Waals surface area contributed by atoms with Gasteiger partial charge in [-0.05, 0) is 24.6 Å². The summed E-state index contributed by atoms with van der Waals surface area (Å²) < 4.78 is 4.11. The summed E-state index contributed by atoms with van der Waals surface area (Å²) in [6.07, 6.45) is 0. The smallest absolute Gasteiger partial charge is 0.332 e. The van der Waals surface area contributed by atoms with Crippen LogP contribution in [0.25, 0.3) is 11.2 Å². The molecule has 3 aromatic rings. The topological polar surface area (TPSA) is 94.1 Å². The molecular weight excluding hydrogens is 358 g/mol. The van der Waals surface area contributed by atoms with Crippen LogP contribution in [-0.2, 0) is 20.6 Å². The monoisotopic (exact) mass is 377 g/mol. The van der Waals surface area contributed by atoms with Crippen molar-refractivity contribution in [1.82, 2.24) is 18.7 Å². The highest BCUT2D eigenvalue weighted by atomic mass is 35.5. The second kappa shape index (κ2) is 6.97. The SMILES string of the molecule is C[C@@H](CO)Nc1nc2c(c(=O)n(C)c(=O)n2C)n1Cc1ccc(Cl)cc1. The summed E-state index contributed by atoms with van der Waals surface area (Å²) >= 11 is 5.94. The minimum atomic E-state index is -0.444. The Bertz CT molecular complexity index is 1070. The third kappa shape index (κ3) is 3.13. The van der Waals surface area contributed by atoms with Crippen LogP contribution in [-0.4, -0.2) is 36.4 Å². The number of benzene rings is 1. The molecule has 8 nitrogen and oxygen atoms in total. The summed E-state index contributed by atoms with van der Waals surface area (Å²) in [4.78, 5) is 29.4. The van der Waals surface area contributed by atoms with Crippen molar-refractivity contribution in [3.05, 3.63) is 55.7 Å². The number of aryl methyl sites for hydroxylation is 1. The van der Waals surface area contributed by atoms with Crippen LogP contribution in [0.1, 0.15) is 12.5 Å². The maximum Gasteiger partial charge on any atom is 0.332 e. The zero-order chi connectivity index (χ0) is 19.0. The molecule has 0 aliphatic carbocycles. The number of imidazole rings is 1. The highest BCUT2D eigenvalue weighted by Crippen LogP contribution is 2.19. The maximum absolute atomic E-state index is 12.7. The van der Waals surface area contributed by atoms with Crippen molar-refractivity contribution >= 4 is 28.7 Å². The number of nitrogens with zero attached hydrogens (tertiary/aromatic N) is 4. The first-order valence-corrected chi connectivity index (χ1v) is 8.49. The molecule has 0 saturated heterocycles. The summed E-state index contributed by atoms with van der Waals surface area (Å²) in [5.74, 6) is 0.412. The number of anilines is 1. The van der Waals surface area contributed by atoms with E-state index in [0.717, 1.165) is 10.1 Å². The fourth-order valence-corrected chi connectivity index (χ4v) is 2.88. The second-order valence-electron chi connectivity index (χ2n) is 6.25. The van der Waals surface area contributed by atoms with Crippen molar-refractivity contribution < 1.29 is 5.11 Å². The van der Waals surface area contributed by atoms with Gasteiger partial charge in [-0.25, -0.2) is 4.79 Å². The first-order chi connectivity index (χ1) is 12.3. The van der Waals surface area contributed by atoms with Gasteiger partial charge in [0.05, 0.1) is 13.2 Å². The van der Waals surface area contributed by atoms with E-state index >= 15 is 0 Å². The molecule has 2 heterocycles. The Morgan fingerprint density at radius 2 is 1.85 bits per heavy atom. The molecule has 0 unspecified atom stereocenters. The van der Waals surface area contributed by atoms with E-state index in [1.807, 2.05) is 12.1 Å². The molecule has 2 N–H and O–H groups in total. The number of hydrogen-bond acceptors (Lipinski definition) is 5. The van der Waals surface area contributed by atoms with Crippen molar-refractivity contribution in [1.29, 1.82) is 0 Å². The highest BCUT2D eigenvalue weighted by Gasteiger charge is 2.20. The largest absolute Gasteiger partial charge is 0.394 e. The predicted molar refractivity (Wildman–Crippen MR) is 101 cm³/mol. The third-order valence-corrected chi connectivity index (χ3v) is 4.50. The van der Waals surface area contributed by atoms with Gasteiger partial charge < -0.3 is 10.4 Å². The number of rotatable bonds is 5. The van der Waals surface area contributed by atoms with Crippen LogP contribution in [0.5, 0.6) is 0 Å². The van der Waals surface area contributed by atoms with Crippen LogP contribution in [0.2, 0.25) is 5.02 Å². The third-order valence-electron chi connectivity index (χ3n) is 4.25. The lowest BCUT2D eigenvalue weighted by Crippen LogP contribution is -2.37. The average molecular weight is 378 g/mol. The van der Waals surface area contributed by atoms with Gasteiger partial charge in [-0.15, -0.1) is 0 Å². The van der Waals surface area contributed by atoms with E-state index in [-0.39, 0.29) is 12.6 Å². The van der Waals surface area contributed by atoms with Crippen LogP contribution in [0.4, 0.5) is 5.95 Å². The molecule has 0 saturated carbocycles. The van der Waals surface area contributed by atoms with Crippen LogP contribution in [0, 0.1) is 0 Å². The zero-order valence-electron chi connectivity index (χ0n) is 14.7. The summed E-state index contributed by atoms with van der Waals surface area (Å²) in [7, 11) is 3.01. The van der Waals surface area contributed by atoms with E-state index in [2.05, 4.69) is 10.3 Å². The van der Waals surface area contributed by atoms with Gasteiger partial charge in [-0.3, -0.25) is 18.5 Å². The van der Waals surface area contributed by atoms with Crippen LogP contribution in [0.15, 0.2) is 33.9 Å². The molecule has 138 valence electrons. The quantitative estimate of drug-likeness (QED) is 0.689. The molecule has 0 amide bonds. The molecule has 0 bridgehead atoms. The molecule has 0 radical (unpaired) electrons. The minimum absolute atomic E-state index is 0.0961. The molecule has 0 aliphatic rings. The number of aliphatic hydroxyl groups is 1. The van der Waals surface area contributed by atoms with E-state index in [1.165, 1.54) is 11.6 Å². The Hall–Kier alpha value is -2.58. The Morgan fingerprint density at radius 1 is 1.19 bits per heavy atom.